The Kier molecular flexibility index (Phi) is 7.26. The lowest BCUT2D eigenvalue weighted by Crippen LogP contribution is -2.29. The van der Waals surface area contributed by atoms with E-state index in [1.807, 2.05) is 24.3 Å². The monoisotopic (exact) mass is 454 g/mol. The van der Waals surface area contributed by atoms with Crippen LogP contribution in [0.25, 0.3) is 0 Å². The van der Waals surface area contributed by atoms with E-state index in [4.69, 9.17) is 27.9 Å². The smallest absolute Gasteiger partial charge is 0.124 e. The van der Waals surface area contributed by atoms with Crippen LogP contribution in [-0.4, -0.2) is 13.1 Å². The fraction of sp³-hybridized carbons (Fsp3) is 0.308. The molecule has 0 aliphatic carbocycles. The van der Waals surface area contributed by atoms with Crippen molar-refractivity contribution in [3.8, 4) is 5.75 Å². The van der Waals surface area contributed by atoms with Crippen LogP contribution >= 0.6 is 23.2 Å². The molecule has 3 aromatic rings. The zero-order valence-corrected chi connectivity index (χ0v) is 19.3. The predicted molar refractivity (Wildman–Crippen MR) is 132 cm³/mol. The highest BCUT2D eigenvalue weighted by molar-refractivity contribution is 6.33. The minimum absolute atomic E-state index is 0.519. The van der Waals surface area contributed by atoms with Crippen LogP contribution in [0.3, 0.4) is 0 Å². The summed E-state index contributed by atoms with van der Waals surface area (Å²) in [6.07, 6.45) is 3.77. The van der Waals surface area contributed by atoms with Gasteiger partial charge in [0.15, 0.2) is 0 Å². The summed E-state index contributed by atoms with van der Waals surface area (Å²) in [5.41, 5.74) is 5.49. The van der Waals surface area contributed by atoms with Crippen LogP contribution in [0, 0.1) is 6.92 Å². The van der Waals surface area contributed by atoms with Crippen molar-refractivity contribution in [2.45, 2.75) is 39.3 Å². The van der Waals surface area contributed by atoms with Crippen molar-refractivity contribution >= 4 is 34.6 Å². The zero-order chi connectivity index (χ0) is 21.6. The summed E-state index contributed by atoms with van der Waals surface area (Å²) in [7, 11) is 0. The van der Waals surface area contributed by atoms with Crippen LogP contribution in [-0.2, 0) is 13.2 Å². The summed E-state index contributed by atoms with van der Waals surface area (Å²) < 4.78 is 6.10. The Morgan fingerprint density at radius 3 is 2.42 bits per heavy atom. The highest BCUT2D eigenvalue weighted by Crippen LogP contribution is 2.31. The first-order valence-electron chi connectivity index (χ1n) is 10.8. The second-order valence-corrected chi connectivity index (χ2v) is 8.94. The number of anilines is 2. The molecule has 3 aromatic carbocycles. The van der Waals surface area contributed by atoms with Gasteiger partial charge in [0.25, 0.3) is 0 Å². The predicted octanol–water partition coefficient (Wildman–Crippen LogP) is 7.48. The lowest BCUT2D eigenvalue weighted by molar-refractivity contribution is 0.303. The van der Waals surface area contributed by atoms with E-state index < -0.39 is 0 Å². The normalized spacial score (nSPS) is 13.8. The number of rotatable bonds is 7. The molecule has 0 aromatic heterocycles. The van der Waals surface area contributed by atoms with Crippen LogP contribution in [0.2, 0.25) is 10.0 Å². The van der Waals surface area contributed by atoms with E-state index in [0.29, 0.717) is 18.2 Å². The second kappa shape index (κ2) is 10.3. The molecule has 0 radical (unpaired) electrons. The molecule has 1 heterocycles. The second-order valence-electron chi connectivity index (χ2n) is 8.09. The van der Waals surface area contributed by atoms with Gasteiger partial charge < -0.3 is 15.0 Å². The van der Waals surface area contributed by atoms with Crippen molar-refractivity contribution in [3.63, 3.8) is 0 Å². The molecule has 1 fully saturated rings. The van der Waals surface area contributed by atoms with Gasteiger partial charge in [-0.1, -0.05) is 53.0 Å². The molecule has 0 unspecified atom stereocenters. The third-order valence-electron chi connectivity index (χ3n) is 5.66. The van der Waals surface area contributed by atoms with E-state index in [1.54, 1.807) is 0 Å². The molecule has 1 aliphatic rings. The first-order valence-corrected chi connectivity index (χ1v) is 11.6. The summed E-state index contributed by atoms with van der Waals surface area (Å²) in [6, 6.07) is 20.3. The SMILES string of the molecule is Cc1ccc(COc2ccc(Cl)cc2CNc2ccc(N3CCCCC3)c(Cl)c2)cc1. The lowest BCUT2D eigenvalue weighted by Gasteiger charge is -2.29. The molecule has 1 aliphatic heterocycles. The molecule has 0 atom stereocenters. The number of nitrogens with one attached hydrogen (secondary N) is 1. The molecule has 0 saturated carbocycles. The summed E-state index contributed by atoms with van der Waals surface area (Å²) in [5, 5.41) is 4.94. The van der Waals surface area contributed by atoms with Crippen molar-refractivity contribution in [2.24, 2.45) is 0 Å². The minimum atomic E-state index is 0.519. The maximum Gasteiger partial charge on any atom is 0.124 e. The topological polar surface area (TPSA) is 24.5 Å². The van der Waals surface area contributed by atoms with Crippen molar-refractivity contribution in [3.05, 3.63) is 87.4 Å². The van der Waals surface area contributed by atoms with Gasteiger partial charge in [-0.15, -0.1) is 0 Å². The summed E-state index contributed by atoms with van der Waals surface area (Å²) in [6.45, 7) is 5.36. The number of benzene rings is 3. The summed E-state index contributed by atoms with van der Waals surface area (Å²) in [5.74, 6) is 0.827. The van der Waals surface area contributed by atoms with Gasteiger partial charge in [-0.25, -0.2) is 0 Å². The quantitative estimate of drug-likeness (QED) is 0.400. The Morgan fingerprint density at radius 2 is 1.68 bits per heavy atom. The van der Waals surface area contributed by atoms with Crippen molar-refractivity contribution in [2.75, 3.05) is 23.3 Å². The van der Waals surface area contributed by atoms with E-state index in [9.17, 15) is 0 Å². The standard InChI is InChI=1S/C26H28Cl2N2O/c1-19-5-7-20(8-6-19)18-31-26-12-9-22(27)15-21(26)17-29-23-10-11-25(24(28)16-23)30-13-3-2-4-14-30/h5-12,15-16,29H,2-4,13-14,17-18H2,1H3. The van der Waals surface area contributed by atoms with Gasteiger partial charge in [-0.2, -0.15) is 0 Å². The molecule has 162 valence electrons. The van der Waals surface area contributed by atoms with Gasteiger partial charge in [-0.05, 0) is 68.1 Å². The van der Waals surface area contributed by atoms with Crippen LogP contribution in [0.15, 0.2) is 60.7 Å². The fourth-order valence-corrected chi connectivity index (χ4v) is 4.37. The molecular formula is C26H28Cl2N2O. The number of hydrogen-bond acceptors (Lipinski definition) is 3. The zero-order valence-electron chi connectivity index (χ0n) is 17.8. The Hall–Kier alpha value is -2.36. The van der Waals surface area contributed by atoms with Crippen LogP contribution in [0.1, 0.15) is 36.0 Å². The Balaban J connectivity index is 1.42. The Morgan fingerprint density at radius 1 is 0.903 bits per heavy atom. The molecule has 1 saturated heterocycles. The average Bonchev–Trinajstić information content (AvgIpc) is 2.79. The first kappa shape index (κ1) is 21.9. The van der Waals surface area contributed by atoms with Gasteiger partial charge in [-0.3, -0.25) is 0 Å². The Labute approximate surface area is 194 Å². The summed E-state index contributed by atoms with van der Waals surface area (Å²) in [4.78, 5) is 2.38. The third kappa shape index (κ3) is 5.87. The number of halogens is 2. The van der Waals surface area contributed by atoms with E-state index >= 15 is 0 Å². The van der Waals surface area contributed by atoms with Gasteiger partial charge in [0, 0.05) is 35.9 Å². The maximum absolute atomic E-state index is 6.60. The molecular weight excluding hydrogens is 427 g/mol. The highest BCUT2D eigenvalue weighted by Gasteiger charge is 2.14. The van der Waals surface area contributed by atoms with Gasteiger partial charge >= 0.3 is 0 Å². The van der Waals surface area contributed by atoms with Crippen LogP contribution < -0.4 is 15.0 Å². The number of hydrogen-bond donors (Lipinski definition) is 1. The van der Waals surface area contributed by atoms with E-state index in [1.165, 1.54) is 24.8 Å². The third-order valence-corrected chi connectivity index (χ3v) is 6.20. The minimum Gasteiger partial charge on any atom is -0.489 e. The Bertz CT molecular complexity index is 1010. The number of piperidine rings is 1. The molecule has 4 rings (SSSR count). The number of ether oxygens (including phenoxy) is 1. The average molecular weight is 455 g/mol. The lowest BCUT2D eigenvalue weighted by atomic mass is 10.1. The van der Waals surface area contributed by atoms with Gasteiger partial charge in [0.05, 0.1) is 10.7 Å². The molecule has 0 amide bonds. The van der Waals surface area contributed by atoms with Gasteiger partial charge in [0.1, 0.15) is 12.4 Å². The van der Waals surface area contributed by atoms with Crippen LogP contribution in [0.4, 0.5) is 11.4 Å². The molecule has 3 nitrogen and oxygen atoms in total. The van der Waals surface area contributed by atoms with E-state index in [0.717, 1.165) is 46.4 Å². The molecule has 5 heteroatoms. The maximum atomic E-state index is 6.60. The molecule has 0 bridgehead atoms. The van der Waals surface area contributed by atoms with E-state index in [-0.39, 0.29) is 0 Å². The first-order chi connectivity index (χ1) is 15.1. The summed E-state index contributed by atoms with van der Waals surface area (Å²) >= 11 is 12.9. The van der Waals surface area contributed by atoms with Gasteiger partial charge in [0.2, 0.25) is 0 Å². The van der Waals surface area contributed by atoms with Crippen molar-refractivity contribution < 1.29 is 4.74 Å². The highest BCUT2D eigenvalue weighted by atomic mass is 35.5. The molecule has 0 spiro atoms. The largest absolute Gasteiger partial charge is 0.489 e. The van der Waals surface area contributed by atoms with E-state index in [2.05, 4.69) is 53.5 Å². The van der Waals surface area contributed by atoms with Crippen LogP contribution in [0.5, 0.6) is 5.75 Å². The fourth-order valence-electron chi connectivity index (χ4n) is 3.88. The number of aryl methyl sites for hydroxylation is 1. The van der Waals surface area contributed by atoms with Crippen molar-refractivity contribution in [1.82, 2.24) is 0 Å². The number of nitrogens with zero attached hydrogens (tertiary/aromatic N) is 1. The molecule has 31 heavy (non-hydrogen) atoms. The molecule has 1 N–H and O–H groups in total. The van der Waals surface area contributed by atoms with Crippen molar-refractivity contribution in [1.29, 1.82) is 0 Å².